The van der Waals surface area contributed by atoms with E-state index in [1.54, 1.807) is 11.3 Å². The molecule has 2 amide bonds. The van der Waals surface area contributed by atoms with Crippen LogP contribution >= 0.6 is 11.3 Å². The van der Waals surface area contributed by atoms with E-state index < -0.39 is 16.7 Å². The van der Waals surface area contributed by atoms with Crippen LogP contribution < -0.4 is 10.6 Å². The van der Waals surface area contributed by atoms with E-state index in [9.17, 15) is 19.7 Å². The molecule has 0 aliphatic rings. The van der Waals surface area contributed by atoms with Crippen molar-refractivity contribution in [1.29, 1.82) is 0 Å². The van der Waals surface area contributed by atoms with E-state index in [0.29, 0.717) is 12.2 Å². The number of amides is 2. The van der Waals surface area contributed by atoms with Gasteiger partial charge in [0.15, 0.2) is 0 Å². The van der Waals surface area contributed by atoms with Crippen LogP contribution in [-0.4, -0.2) is 42.3 Å². The molecule has 0 radical (unpaired) electrons. The molecular weight excluding hydrogens is 344 g/mol. The summed E-state index contributed by atoms with van der Waals surface area (Å²) in [5.74, 6) is -1.58. The molecule has 0 aliphatic heterocycles. The lowest BCUT2D eigenvalue weighted by molar-refractivity contribution is -0.384. The molecule has 0 aliphatic carbocycles. The fourth-order valence-corrected chi connectivity index (χ4v) is 3.07. The molecule has 2 N–H and O–H groups in total. The SMILES string of the molecule is CN(C)[C@H](CNC(=O)C(=O)Nc1ccc([N+](=O)[O-])cc1)c1cccs1. The molecular formula is C16H18N4O4S. The Labute approximate surface area is 148 Å². The number of non-ortho nitro benzene ring substituents is 1. The zero-order valence-electron chi connectivity index (χ0n) is 13.8. The van der Waals surface area contributed by atoms with Crippen LogP contribution in [0.4, 0.5) is 11.4 Å². The molecule has 0 spiro atoms. The smallest absolute Gasteiger partial charge is 0.313 e. The number of nitrogens with one attached hydrogen (secondary N) is 2. The minimum atomic E-state index is -0.822. The number of nitro groups is 1. The van der Waals surface area contributed by atoms with Crippen LogP contribution in [0.25, 0.3) is 0 Å². The van der Waals surface area contributed by atoms with Crippen molar-refractivity contribution in [2.45, 2.75) is 6.04 Å². The molecule has 9 heteroatoms. The number of nitrogens with zero attached hydrogens (tertiary/aromatic N) is 2. The molecule has 1 atom stereocenters. The number of carbonyl (C=O) groups is 2. The van der Waals surface area contributed by atoms with Crippen molar-refractivity contribution in [3.8, 4) is 0 Å². The van der Waals surface area contributed by atoms with E-state index in [-0.39, 0.29) is 11.7 Å². The lowest BCUT2D eigenvalue weighted by Gasteiger charge is -2.23. The van der Waals surface area contributed by atoms with Gasteiger partial charge in [-0.1, -0.05) is 6.07 Å². The lowest BCUT2D eigenvalue weighted by atomic mass is 10.2. The first-order valence-electron chi connectivity index (χ1n) is 7.42. The predicted molar refractivity (Wildman–Crippen MR) is 95.5 cm³/mol. The minimum Gasteiger partial charge on any atom is -0.346 e. The van der Waals surface area contributed by atoms with E-state index in [2.05, 4.69) is 10.6 Å². The fourth-order valence-electron chi connectivity index (χ4n) is 2.14. The Bertz CT molecular complexity index is 744. The standard InChI is InChI=1S/C16H18N4O4S/c1-19(2)13(14-4-3-9-25-14)10-17-15(21)16(22)18-11-5-7-12(8-6-11)20(23)24/h3-9,13H,10H2,1-2H3,(H,17,21)(H,18,22)/t13-/m1/s1. The third-order valence-electron chi connectivity index (χ3n) is 3.49. The maximum atomic E-state index is 12.0. The van der Waals surface area contributed by atoms with Gasteiger partial charge in [0.05, 0.1) is 11.0 Å². The van der Waals surface area contributed by atoms with Gasteiger partial charge in [-0.05, 0) is 37.7 Å². The lowest BCUT2D eigenvalue weighted by Crippen LogP contribution is -2.40. The quantitative estimate of drug-likeness (QED) is 0.465. The van der Waals surface area contributed by atoms with Crippen molar-refractivity contribution in [2.75, 3.05) is 26.0 Å². The summed E-state index contributed by atoms with van der Waals surface area (Å²) in [5, 5.41) is 17.6. The Morgan fingerprint density at radius 2 is 1.88 bits per heavy atom. The van der Waals surface area contributed by atoms with E-state index in [4.69, 9.17) is 0 Å². The molecule has 0 saturated heterocycles. The van der Waals surface area contributed by atoms with Crippen molar-refractivity contribution in [3.05, 3.63) is 56.8 Å². The van der Waals surface area contributed by atoms with Crippen LogP contribution in [0.2, 0.25) is 0 Å². The summed E-state index contributed by atoms with van der Waals surface area (Å²) in [6.45, 7) is 0.292. The summed E-state index contributed by atoms with van der Waals surface area (Å²) in [6.07, 6.45) is 0. The highest BCUT2D eigenvalue weighted by Crippen LogP contribution is 2.22. The number of hydrogen-bond donors (Lipinski definition) is 2. The zero-order valence-corrected chi connectivity index (χ0v) is 14.6. The zero-order chi connectivity index (χ0) is 18.4. The Morgan fingerprint density at radius 1 is 1.20 bits per heavy atom. The molecule has 0 fully saturated rings. The van der Waals surface area contributed by atoms with Crippen molar-refractivity contribution in [2.24, 2.45) is 0 Å². The molecule has 2 aromatic rings. The van der Waals surface area contributed by atoms with Gasteiger partial charge in [0.2, 0.25) is 0 Å². The van der Waals surface area contributed by atoms with Crippen molar-refractivity contribution >= 4 is 34.5 Å². The van der Waals surface area contributed by atoms with Gasteiger partial charge in [-0.3, -0.25) is 19.7 Å². The van der Waals surface area contributed by atoms with Crippen LogP contribution in [0, 0.1) is 10.1 Å². The summed E-state index contributed by atoms with van der Waals surface area (Å²) >= 11 is 1.58. The van der Waals surface area contributed by atoms with Crippen molar-refractivity contribution < 1.29 is 14.5 Å². The molecule has 1 aromatic heterocycles. The van der Waals surface area contributed by atoms with Crippen LogP contribution in [0.1, 0.15) is 10.9 Å². The normalized spacial score (nSPS) is 11.8. The molecule has 25 heavy (non-hydrogen) atoms. The summed E-state index contributed by atoms with van der Waals surface area (Å²) in [5.41, 5.74) is 0.223. The van der Waals surface area contributed by atoms with Crippen LogP contribution in [0.3, 0.4) is 0 Å². The number of anilines is 1. The first-order chi connectivity index (χ1) is 11.9. The van der Waals surface area contributed by atoms with E-state index in [1.165, 1.54) is 24.3 Å². The van der Waals surface area contributed by atoms with E-state index in [1.807, 2.05) is 36.5 Å². The third-order valence-corrected chi connectivity index (χ3v) is 4.47. The monoisotopic (exact) mass is 362 g/mol. The highest BCUT2D eigenvalue weighted by molar-refractivity contribution is 7.10. The summed E-state index contributed by atoms with van der Waals surface area (Å²) in [7, 11) is 3.79. The van der Waals surface area contributed by atoms with Gasteiger partial charge in [0.1, 0.15) is 0 Å². The summed E-state index contributed by atoms with van der Waals surface area (Å²) < 4.78 is 0. The average Bonchev–Trinajstić information content (AvgIpc) is 3.09. The minimum absolute atomic E-state index is 0.0314. The number of likely N-dealkylation sites (N-methyl/N-ethyl adjacent to an activating group) is 1. The number of thiophene rings is 1. The van der Waals surface area contributed by atoms with Gasteiger partial charge in [-0.25, -0.2) is 0 Å². The Hall–Kier alpha value is -2.78. The van der Waals surface area contributed by atoms with Gasteiger partial charge in [0.25, 0.3) is 5.69 Å². The first-order valence-corrected chi connectivity index (χ1v) is 8.30. The molecule has 0 saturated carbocycles. The number of benzene rings is 1. The molecule has 0 bridgehead atoms. The molecule has 132 valence electrons. The van der Waals surface area contributed by atoms with Gasteiger partial charge in [-0.15, -0.1) is 11.3 Å². The Morgan fingerprint density at radius 3 is 2.40 bits per heavy atom. The number of carbonyl (C=O) groups excluding carboxylic acids is 2. The van der Waals surface area contributed by atoms with Crippen LogP contribution in [0.5, 0.6) is 0 Å². The van der Waals surface area contributed by atoms with Gasteiger partial charge < -0.3 is 15.5 Å². The molecule has 2 rings (SSSR count). The first kappa shape index (κ1) is 18.6. The topological polar surface area (TPSA) is 105 Å². The molecule has 8 nitrogen and oxygen atoms in total. The van der Waals surface area contributed by atoms with Gasteiger partial charge in [-0.2, -0.15) is 0 Å². The number of rotatable bonds is 6. The van der Waals surface area contributed by atoms with Crippen molar-refractivity contribution in [3.63, 3.8) is 0 Å². The second-order valence-electron chi connectivity index (χ2n) is 5.46. The molecule has 1 heterocycles. The van der Waals surface area contributed by atoms with Crippen LogP contribution in [-0.2, 0) is 9.59 Å². The maximum absolute atomic E-state index is 12.0. The van der Waals surface area contributed by atoms with E-state index in [0.717, 1.165) is 4.88 Å². The maximum Gasteiger partial charge on any atom is 0.313 e. The Balaban J connectivity index is 1.91. The summed E-state index contributed by atoms with van der Waals surface area (Å²) in [4.78, 5) is 37.0. The number of hydrogen-bond acceptors (Lipinski definition) is 6. The fraction of sp³-hybridized carbons (Fsp3) is 0.250. The highest BCUT2D eigenvalue weighted by Gasteiger charge is 2.19. The van der Waals surface area contributed by atoms with Crippen molar-refractivity contribution in [1.82, 2.24) is 10.2 Å². The molecule has 0 unspecified atom stereocenters. The second-order valence-corrected chi connectivity index (χ2v) is 6.44. The van der Waals surface area contributed by atoms with Gasteiger partial charge in [0, 0.05) is 29.2 Å². The highest BCUT2D eigenvalue weighted by atomic mass is 32.1. The number of nitro benzene ring substituents is 1. The Kier molecular flexibility index (Phi) is 6.20. The van der Waals surface area contributed by atoms with Crippen LogP contribution in [0.15, 0.2) is 41.8 Å². The van der Waals surface area contributed by atoms with Gasteiger partial charge >= 0.3 is 11.8 Å². The third kappa shape index (κ3) is 5.10. The summed E-state index contributed by atoms with van der Waals surface area (Å²) in [6, 6.07) is 9.13. The second kappa shape index (κ2) is 8.36. The molecule has 1 aromatic carbocycles. The van der Waals surface area contributed by atoms with E-state index >= 15 is 0 Å². The largest absolute Gasteiger partial charge is 0.346 e. The average molecular weight is 362 g/mol. The predicted octanol–water partition coefficient (Wildman–Crippen LogP) is 2.01.